The summed E-state index contributed by atoms with van der Waals surface area (Å²) in [6.45, 7) is 4.00. The zero-order valence-electron chi connectivity index (χ0n) is 14.2. The van der Waals surface area contributed by atoms with Gasteiger partial charge >= 0.3 is 0 Å². The largest absolute Gasteiger partial charge is 0.376 e. The average Bonchev–Trinajstić information content (AvgIpc) is 2.59. The van der Waals surface area contributed by atoms with Crippen molar-refractivity contribution in [3.05, 3.63) is 60.2 Å². The molecule has 0 heterocycles. The van der Waals surface area contributed by atoms with E-state index in [1.165, 1.54) is 0 Å². The molecule has 0 aliphatic carbocycles. The molecule has 0 saturated carbocycles. The molecule has 0 atom stereocenters. The molecule has 5 nitrogen and oxygen atoms in total. The number of nitrogens with one attached hydrogen (secondary N) is 2. The number of rotatable bonds is 6. The molecule has 0 unspecified atom stereocenters. The number of para-hydroxylation sites is 1. The van der Waals surface area contributed by atoms with E-state index in [0.717, 1.165) is 11.4 Å². The van der Waals surface area contributed by atoms with Gasteiger partial charge in [-0.2, -0.15) is 0 Å². The van der Waals surface area contributed by atoms with E-state index >= 15 is 0 Å². The Bertz CT molecular complexity index is 699. The van der Waals surface area contributed by atoms with Crippen LogP contribution < -0.4 is 15.5 Å². The minimum absolute atomic E-state index is 0.0804. The summed E-state index contributed by atoms with van der Waals surface area (Å²) in [4.78, 5) is 25.9. The fourth-order valence-electron chi connectivity index (χ4n) is 2.28. The lowest BCUT2D eigenvalue weighted by atomic mass is 10.1. The van der Waals surface area contributed by atoms with Crippen LogP contribution >= 0.6 is 0 Å². The van der Waals surface area contributed by atoms with Crippen LogP contribution in [0.4, 0.5) is 11.4 Å². The molecule has 0 fully saturated rings. The highest BCUT2D eigenvalue weighted by Crippen LogP contribution is 2.17. The Morgan fingerprint density at radius 2 is 1.75 bits per heavy atom. The Morgan fingerprint density at radius 1 is 1.04 bits per heavy atom. The van der Waals surface area contributed by atoms with Gasteiger partial charge in [-0.05, 0) is 44.2 Å². The lowest BCUT2D eigenvalue weighted by Crippen LogP contribution is -2.34. The van der Waals surface area contributed by atoms with Gasteiger partial charge in [0.2, 0.25) is 5.91 Å². The molecular weight excluding hydrogens is 302 g/mol. The molecular formula is C19H23N3O2. The molecule has 2 N–H and O–H groups in total. The summed E-state index contributed by atoms with van der Waals surface area (Å²) in [5.41, 5.74) is 2.13. The van der Waals surface area contributed by atoms with Crippen molar-refractivity contribution < 1.29 is 9.59 Å². The highest BCUT2D eigenvalue weighted by atomic mass is 16.2. The summed E-state index contributed by atoms with van der Waals surface area (Å²) < 4.78 is 0. The smallest absolute Gasteiger partial charge is 0.258 e. The zero-order chi connectivity index (χ0) is 17.5. The normalized spacial score (nSPS) is 10.3. The van der Waals surface area contributed by atoms with E-state index in [-0.39, 0.29) is 24.4 Å². The van der Waals surface area contributed by atoms with Crippen molar-refractivity contribution >= 4 is 23.2 Å². The molecule has 0 radical (unpaired) electrons. The number of nitrogens with zero attached hydrogens (tertiary/aromatic N) is 1. The summed E-state index contributed by atoms with van der Waals surface area (Å²) in [7, 11) is 1.74. The van der Waals surface area contributed by atoms with E-state index < -0.39 is 0 Å². The number of benzene rings is 2. The summed E-state index contributed by atoms with van der Waals surface area (Å²) in [5, 5.41) is 5.85. The molecule has 24 heavy (non-hydrogen) atoms. The Kier molecular flexibility index (Phi) is 5.95. The van der Waals surface area contributed by atoms with Gasteiger partial charge in [-0.15, -0.1) is 0 Å². The zero-order valence-corrected chi connectivity index (χ0v) is 14.2. The number of amides is 2. The predicted octanol–water partition coefficient (Wildman–Crippen LogP) is 2.90. The van der Waals surface area contributed by atoms with E-state index in [1.54, 1.807) is 30.1 Å². The van der Waals surface area contributed by atoms with Crippen LogP contribution in [0.2, 0.25) is 0 Å². The van der Waals surface area contributed by atoms with Gasteiger partial charge in [0, 0.05) is 30.0 Å². The third kappa shape index (κ3) is 4.84. The fraction of sp³-hybridized carbons (Fsp3) is 0.263. The maximum Gasteiger partial charge on any atom is 0.258 e. The Morgan fingerprint density at radius 3 is 2.42 bits per heavy atom. The van der Waals surface area contributed by atoms with Crippen LogP contribution in [-0.2, 0) is 4.79 Å². The second-order valence-electron chi connectivity index (χ2n) is 5.86. The van der Waals surface area contributed by atoms with Crippen LogP contribution in [0, 0.1) is 0 Å². The SMILES string of the molecule is CC(C)NC(=O)CNc1cccc(C(=O)N(C)c2ccccc2)c1. The number of carbonyl (C=O) groups is 2. The van der Waals surface area contributed by atoms with Crippen molar-refractivity contribution in [3.8, 4) is 0 Å². The minimum atomic E-state index is -0.100. The van der Waals surface area contributed by atoms with Gasteiger partial charge in [0.25, 0.3) is 5.91 Å². The van der Waals surface area contributed by atoms with E-state index in [4.69, 9.17) is 0 Å². The van der Waals surface area contributed by atoms with Crippen LogP contribution in [0.25, 0.3) is 0 Å². The molecule has 2 amide bonds. The van der Waals surface area contributed by atoms with Crippen LogP contribution in [0.5, 0.6) is 0 Å². The molecule has 2 rings (SSSR count). The first kappa shape index (κ1) is 17.5. The van der Waals surface area contributed by atoms with Crippen LogP contribution in [-0.4, -0.2) is 31.4 Å². The first-order chi connectivity index (χ1) is 11.5. The lowest BCUT2D eigenvalue weighted by Gasteiger charge is -2.18. The van der Waals surface area contributed by atoms with Gasteiger partial charge in [-0.3, -0.25) is 9.59 Å². The molecule has 5 heteroatoms. The van der Waals surface area contributed by atoms with Crippen LogP contribution in [0.3, 0.4) is 0 Å². The Hall–Kier alpha value is -2.82. The Labute approximate surface area is 142 Å². The van der Waals surface area contributed by atoms with Crippen molar-refractivity contribution in [1.82, 2.24) is 5.32 Å². The lowest BCUT2D eigenvalue weighted by molar-refractivity contribution is -0.119. The quantitative estimate of drug-likeness (QED) is 0.858. The van der Waals surface area contributed by atoms with Crippen molar-refractivity contribution in [2.45, 2.75) is 19.9 Å². The minimum Gasteiger partial charge on any atom is -0.376 e. The van der Waals surface area contributed by atoms with E-state index in [2.05, 4.69) is 10.6 Å². The molecule has 0 aromatic heterocycles. The predicted molar refractivity (Wildman–Crippen MR) is 97.4 cm³/mol. The van der Waals surface area contributed by atoms with Gasteiger partial charge in [0.05, 0.1) is 6.54 Å². The molecule has 126 valence electrons. The molecule has 0 spiro atoms. The molecule has 0 bridgehead atoms. The van der Waals surface area contributed by atoms with Crippen LogP contribution in [0.1, 0.15) is 24.2 Å². The number of anilines is 2. The number of carbonyl (C=O) groups excluding carboxylic acids is 2. The summed E-state index contributed by atoms with van der Waals surface area (Å²) in [5.74, 6) is -0.181. The van der Waals surface area contributed by atoms with E-state index in [0.29, 0.717) is 5.56 Å². The summed E-state index contributed by atoms with van der Waals surface area (Å²) >= 11 is 0. The van der Waals surface area contributed by atoms with E-state index in [9.17, 15) is 9.59 Å². The second-order valence-corrected chi connectivity index (χ2v) is 5.86. The average molecular weight is 325 g/mol. The van der Waals surface area contributed by atoms with Crippen LogP contribution in [0.15, 0.2) is 54.6 Å². The summed E-state index contributed by atoms with van der Waals surface area (Å²) in [6.07, 6.45) is 0. The standard InChI is InChI=1S/C19H23N3O2/c1-14(2)21-18(23)13-20-16-9-7-8-15(12-16)19(24)22(3)17-10-5-4-6-11-17/h4-12,14,20H,13H2,1-3H3,(H,21,23). The number of hydrogen-bond acceptors (Lipinski definition) is 3. The fourth-order valence-corrected chi connectivity index (χ4v) is 2.28. The number of hydrogen-bond donors (Lipinski definition) is 2. The summed E-state index contributed by atoms with van der Waals surface area (Å²) in [6, 6.07) is 16.7. The maximum atomic E-state index is 12.6. The topological polar surface area (TPSA) is 61.4 Å². The van der Waals surface area contributed by atoms with Crippen molar-refractivity contribution in [3.63, 3.8) is 0 Å². The van der Waals surface area contributed by atoms with Crippen molar-refractivity contribution in [2.24, 2.45) is 0 Å². The molecule has 2 aromatic carbocycles. The third-order valence-electron chi connectivity index (χ3n) is 3.46. The molecule has 0 saturated heterocycles. The van der Waals surface area contributed by atoms with Crippen molar-refractivity contribution in [2.75, 3.05) is 23.8 Å². The maximum absolute atomic E-state index is 12.6. The first-order valence-electron chi connectivity index (χ1n) is 7.94. The van der Waals surface area contributed by atoms with Gasteiger partial charge in [0.15, 0.2) is 0 Å². The molecule has 2 aromatic rings. The molecule has 0 aliphatic heterocycles. The van der Waals surface area contributed by atoms with Gasteiger partial charge in [-0.1, -0.05) is 24.3 Å². The molecule has 0 aliphatic rings. The third-order valence-corrected chi connectivity index (χ3v) is 3.46. The first-order valence-corrected chi connectivity index (χ1v) is 7.94. The van der Waals surface area contributed by atoms with Gasteiger partial charge in [0.1, 0.15) is 0 Å². The second kappa shape index (κ2) is 8.15. The van der Waals surface area contributed by atoms with Crippen molar-refractivity contribution in [1.29, 1.82) is 0 Å². The highest BCUT2D eigenvalue weighted by molar-refractivity contribution is 6.06. The van der Waals surface area contributed by atoms with Gasteiger partial charge < -0.3 is 15.5 Å². The Balaban J connectivity index is 2.04. The van der Waals surface area contributed by atoms with Gasteiger partial charge in [-0.25, -0.2) is 0 Å². The highest BCUT2D eigenvalue weighted by Gasteiger charge is 2.13. The van der Waals surface area contributed by atoms with E-state index in [1.807, 2.05) is 50.2 Å². The monoisotopic (exact) mass is 325 g/mol.